The minimum Gasteiger partial charge on any atom is -0.497 e. The highest BCUT2D eigenvalue weighted by Crippen LogP contribution is 2.16. The molecule has 0 radical (unpaired) electrons. The summed E-state index contributed by atoms with van der Waals surface area (Å²) in [7, 11) is 1.67. The van der Waals surface area contributed by atoms with Gasteiger partial charge in [0.1, 0.15) is 11.6 Å². The van der Waals surface area contributed by atoms with Gasteiger partial charge in [-0.1, -0.05) is 24.3 Å². The summed E-state index contributed by atoms with van der Waals surface area (Å²) in [6.07, 6.45) is 0. The number of hydrogen-bond acceptors (Lipinski definition) is 3. The zero-order valence-corrected chi connectivity index (χ0v) is 15.1. The first-order chi connectivity index (χ1) is 12.2. The number of anilines is 1. The first-order valence-electron chi connectivity index (χ1n) is 8.31. The molecule has 0 amide bonds. The Morgan fingerprint density at radius 1 is 1.08 bits per heavy atom. The van der Waals surface area contributed by atoms with E-state index in [2.05, 4.69) is 27.2 Å². The van der Waals surface area contributed by atoms with E-state index in [0.29, 0.717) is 10.8 Å². The summed E-state index contributed by atoms with van der Waals surface area (Å²) in [5, 5.41) is 3.59. The molecular formula is C19H22FN3OS. The molecule has 1 heterocycles. The van der Waals surface area contributed by atoms with E-state index in [0.717, 1.165) is 38.5 Å². The van der Waals surface area contributed by atoms with Crippen LogP contribution < -0.4 is 10.1 Å². The predicted molar refractivity (Wildman–Crippen MR) is 102 cm³/mol. The quantitative estimate of drug-likeness (QED) is 0.845. The average Bonchev–Trinajstić information content (AvgIpc) is 2.65. The second-order valence-corrected chi connectivity index (χ2v) is 6.41. The zero-order chi connectivity index (χ0) is 17.6. The van der Waals surface area contributed by atoms with Crippen LogP contribution >= 0.6 is 12.2 Å². The first kappa shape index (κ1) is 17.6. The van der Waals surface area contributed by atoms with Crippen molar-refractivity contribution in [3.8, 4) is 5.75 Å². The highest BCUT2D eigenvalue weighted by Gasteiger charge is 2.19. The lowest BCUT2D eigenvalue weighted by Crippen LogP contribution is -2.49. The lowest BCUT2D eigenvalue weighted by atomic mass is 10.2. The maximum absolute atomic E-state index is 13.7. The summed E-state index contributed by atoms with van der Waals surface area (Å²) in [4.78, 5) is 4.48. The SMILES string of the molecule is COc1ccc(CN2CCN(C(=S)Nc3ccccc3F)CC2)cc1. The zero-order valence-electron chi connectivity index (χ0n) is 14.2. The lowest BCUT2D eigenvalue weighted by Gasteiger charge is -2.36. The van der Waals surface area contributed by atoms with Gasteiger partial charge in [-0.2, -0.15) is 0 Å². The van der Waals surface area contributed by atoms with Crippen LogP contribution in [0.1, 0.15) is 5.56 Å². The molecular weight excluding hydrogens is 337 g/mol. The van der Waals surface area contributed by atoms with Crippen LogP contribution in [0.25, 0.3) is 0 Å². The molecule has 0 saturated carbocycles. The number of rotatable bonds is 4. The van der Waals surface area contributed by atoms with Crippen LogP contribution in [0.3, 0.4) is 0 Å². The van der Waals surface area contributed by atoms with E-state index in [1.807, 2.05) is 12.1 Å². The Bertz CT molecular complexity index is 715. The van der Waals surface area contributed by atoms with Gasteiger partial charge >= 0.3 is 0 Å². The molecule has 132 valence electrons. The smallest absolute Gasteiger partial charge is 0.173 e. The number of benzene rings is 2. The van der Waals surface area contributed by atoms with Crippen molar-refractivity contribution in [1.29, 1.82) is 0 Å². The fourth-order valence-electron chi connectivity index (χ4n) is 2.86. The van der Waals surface area contributed by atoms with Crippen LogP contribution in [0.2, 0.25) is 0 Å². The van der Waals surface area contributed by atoms with Gasteiger partial charge in [0.25, 0.3) is 0 Å². The largest absolute Gasteiger partial charge is 0.497 e. The molecule has 2 aromatic carbocycles. The van der Waals surface area contributed by atoms with Crippen LogP contribution in [-0.4, -0.2) is 48.2 Å². The van der Waals surface area contributed by atoms with E-state index in [4.69, 9.17) is 17.0 Å². The summed E-state index contributed by atoms with van der Waals surface area (Å²) >= 11 is 5.43. The van der Waals surface area contributed by atoms with Crippen molar-refractivity contribution >= 4 is 23.0 Å². The van der Waals surface area contributed by atoms with Gasteiger partial charge in [-0.05, 0) is 42.0 Å². The number of nitrogens with zero attached hydrogens (tertiary/aromatic N) is 2. The van der Waals surface area contributed by atoms with Crippen LogP contribution in [0.4, 0.5) is 10.1 Å². The topological polar surface area (TPSA) is 27.7 Å². The molecule has 6 heteroatoms. The minimum absolute atomic E-state index is 0.289. The predicted octanol–water partition coefficient (Wildman–Crippen LogP) is 3.35. The summed E-state index contributed by atoms with van der Waals surface area (Å²) in [5.74, 6) is 0.584. The van der Waals surface area contributed by atoms with Gasteiger partial charge in [-0.15, -0.1) is 0 Å². The van der Waals surface area contributed by atoms with Crippen molar-refractivity contribution in [3.63, 3.8) is 0 Å². The second-order valence-electron chi connectivity index (χ2n) is 6.02. The van der Waals surface area contributed by atoms with Crippen molar-refractivity contribution in [2.45, 2.75) is 6.54 Å². The molecule has 0 bridgehead atoms. The molecule has 1 fully saturated rings. The van der Waals surface area contributed by atoms with Crippen molar-refractivity contribution in [3.05, 3.63) is 59.9 Å². The fourth-order valence-corrected chi connectivity index (χ4v) is 3.15. The maximum atomic E-state index is 13.7. The summed E-state index contributed by atoms with van der Waals surface area (Å²) in [5.41, 5.74) is 1.69. The van der Waals surface area contributed by atoms with Crippen LogP contribution in [0, 0.1) is 5.82 Å². The Labute approximate surface area is 153 Å². The number of piperazine rings is 1. The monoisotopic (exact) mass is 359 g/mol. The molecule has 1 N–H and O–H groups in total. The first-order valence-corrected chi connectivity index (χ1v) is 8.72. The molecule has 0 spiro atoms. The van der Waals surface area contributed by atoms with Crippen LogP contribution in [-0.2, 0) is 6.54 Å². The third-order valence-corrected chi connectivity index (χ3v) is 4.70. The molecule has 0 aromatic heterocycles. The normalized spacial score (nSPS) is 15.0. The molecule has 1 aliphatic rings. The Morgan fingerprint density at radius 3 is 2.40 bits per heavy atom. The Balaban J connectivity index is 1.49. The van der Waals surface area contributed by atoms with Crippen molar-refractivity contribution in [2.75, 3.05) is 38.6 Å². The number of nitrogens with one attached hydrogen (secondary N) is 1. The van der Waals surface area contributed by atoms with Gasteiger partial charge in [0.15, 0.2) is 5.11 Å². The van der Waals surface area contributed by atoms with E-state index in [1.165, 1.54) is 11.6 Å². The third kappa shape index (κ3) is 4.67. The minimum atomic E-state index is -0.289. The van der Waals surface area contributed by atoms with Crippen molar-refractivity contribution in [2.24, 2.45) is 0 Å². The fraction of sp³-hybridized carbons (Fsp3) is 0.316. The number of thiocarbonyl (C=S) groups is 1. The van der Waals surface area contributed by atoms with Gasteiger partial charge < -0.3 is 15.0 Å². The summed E-state index contributed by atoms with van der Waals surface area (Å²) in [6.45, 7) is 4.41. The molecule has 1 saturated heterocycles. The molecule has 1 aliphatic heterocycles. The molecule has 25 heavy (non-hydrogen) atoms. The molecule has 0 unspecified atom stereocenters. The highest BCUT2D eigenvalue weighted by atomic mass is 32.1. The number of hydrogen-bond donors (Lipinski definition) is 1. The molecule has 3 rings (SSSR count). The van der Waals surface area contributed by atoms with Crippen LogP contribution in [0.15, 0.2) is 48.5 Å². The van der Waals surface area contributed by atoms with Gasteiger partial charge in [-0.25, -0.2) is 4.39 Å². The summed E-state index contributed by atoms with van der Waals surface area (Å²) < 4.78 is 18.9. The second kappa shape index (κ2) is 8.27. The van der Waals surface area contributed by atoms with Gasteiger partial charge in [-0.3, -0.25) is 4.90 Å². The van der Waals surface area contributed by atoms with E-state index in [-0.39, 0.29) is 5.82 Å². The Morgan fingerprint density at radius 2 is 1.76 bits per heavy atom. The van der Waals surface area contributed by atoms with Crippen molar-refractivity contribution in [1.82, 2.24) is 9.80 Å². The lowest BCUT2D eigenvalue weighted by molar-refractivity contribution is 0.177. The average molecular weight is 359 g/mol. The molecule has 2 aromatic rings. The van der Waals surface area contributed by atoms with E-state index < -0.39 is 0 Å². The van der Waals surface area contributed by atoms with Gasteiger partial charge in [0.05, 0.1) is 12.8 Å². The highest BCUT2D eigenvalue weighted by molar-refractivity contribution is 7.80. The molecule has 0 atom stereocenters. The van der Waals surface area contributed by atoms with Crippen LogP contribution in [0.5, 0.6) is 5.75 Å². The van der Waals surface area contributed by atoms with E-state index in [1.54, 1.807) is 25.3 Å². The number of halogens is 1. The van der Waals surface area contributed by atoms with Crippen molar-refractivity contribution < 1.29 is 9.13 Å². The Hall–Kier alpha value is -2.18. The molecule has 4 nitrogen and oxygen atoms in total. The molecule has 0 aliphatic carbocycles. The van der Waals surface area contributed by atoms with E-state index >= 15 is 0 Å². The maximum Gasteiger partial charge on any atom is 0.173 e. The number of para-hydroxylation sites is 1. The Kier molecular flexibility index (Phi) is 5.83. The van der Waals surface area contributed by atoms with E-state index in [9.17, 15) is 4.39 Å². The standard InChI is InChI=1S/C19H22FN3OS/c1-24-16-8-6-15(7-9-16)14-22-10-12-23(13-11-22)19(25)21-18-5-3-2-4-17(18)20/h2-9H,10-14H2,1H3,(H,21,25). The number of methoxy groups -OCH3 is 1. The van der Waals surface area contributed by atoms with Gasteiger partial charge in [0, 0.05) is 32.7 Å². The van der Waals surface area contributed by atoms with Gasteiger partial charge in [0.2, 0.25) is 0 Å². The number of ether oxygens (including phenoxy) is 1. The third-order valence-electron chi connectivity index (χ3n) is 4.34. The summed E-state index contributed by atoms with van der Waals surface area (Å²) in [6, 6.07) is 14.7.